The maximum atomic E-state index is 13.0. The van der Waals surface area contributed by atoms with E-state index in [9.17, 15) is 9.59 Å². The Labute approximate surface area is 173 Å². The van der Waals surface area contributed by atoms with Gasteiger partial charge in [-0.15, -0.1) is 0 Å². The lowest BCUT2D eigenvalue weighted by Crippen LogP contribution is -2.52. The van der Waals surface area contributed by atoms with Crippen LogP contribution in [0.4, 0.5) is 10.5 Å². The minimum atomic E-state index is -0.714. The molecule has 1 heterocycles. The smallest absolute Gasteiger partial charge is 0.321 e. The monoisotopic (exact) mass is 394 g/mol. The number of anilines is 1. The molecule has 154 valence electrons. The molecule has 0 bridgehead atoms. The van der Waals surface area contributed by atoms with Crippen molar-refractivity contribution in [3.05, 3.63) is 65.2 Å². The molecule has 0 spiro atoms. The minimum Gasteiger partial charge on any atom is -0.466 e. The van der Waals surface area contributed by atoms with Crippen LogP contribution < -0.4 is 5.32 Å². The molecule has 2 amide bonds. The van der Waals surface area contributed by atoms with Crippen molar-refractivity contribution in [3.8, 4) is 0 Å². The summed E-state index contributed by atoms with van der Waals surface area (Å²) in [6.45, 7) is 7.17. The average molecular weight is 395 g/mol. The SMILES string of the molecule is CCOC(=O)[C@@]1(Cc2ccccc2)CCCN(C(=O)Nc2cccc(C)c2C)C1. The molecule has 1 aliphatic rings. The molecule has 29 heavy (non-hydrogen) atoms. The van der Waals surface area contributed by atoms with Gasteiger partial charge in [0.05, 0.1) is 12.0 Å². The number of carbonyl (C=O) groups excluding carboxylic acids is 2. The molecule has 1 N–H and O–H groups in total. The van der Waals surface area contributed by atoms with Crippen LogP contribution in [-0.2, 0) is 16.0 Å². The molecule has 5 nitrogen and oxygen atoms in total. The molecule has 2 aromatic carbocycles. The van der Waals surface area contributed by atoms with Crippen molar-refractivity contribution in [1.82, 2.24) is 4.90 Å². The lowest BCUT2D eigenvalue weighted by Gasteiger charge is -2.41. The average Bonchev–Trinajstić information content (AvgIpc) is 2.72. The van der Waals surface area contributed by atoms with Crippen molar-refractivity contribution in [1.29, 1.82) is 0 Å². The molecule has 1 atom stereocenters. The Kier molecular flexibility index (Phi) is 6.57. The van der Waals surface area contributed by atoms with Gasteiger partial charge in [-0.1, -0.05) is 42.5 Å². The first-order valence-corrected chi connectivity index (χ1v) is 10.3. The molecule has 0 aliphatic carbocycles. The molecule has 0 unspecified atom stereocenters. The van der Waals surface area contributed by atoms with Crippen LogP contribution in [0.5, 0.6) is 0 Å². The number of hydrogen-bond donors (Lipinski definition) is 1. The summed E-state index contributed by atoms with van der Waals surface area (Å²) in [5.41, 5.74) is 3.36. The normalized spacial score (nSPS) is 18.9. The Morgan fingerprint density at radius 3 is 2.59 bits per heavy atom. The standard InChI is InChI=1S/C24H30N2O3/c1-4-29-22(27)24(16-20-11-6-5-7-12-20)14-9-15-26(17-24)23(28)25-21-13-8-10-18(2)19(21)3/h5-8,10-13H,4,9,14-17H2,1-3H3,(H,25,28)/t24-/m1/s1. The first kappa shape index (κ1) is 20.9. The van der Waals surface area contributed by atoms with Crippen molar-refractivity contribution in [2.45, 2.75) is 40.0 Å². The Morgan fingerprint density at radius 2 is 1.86 bits per heavy atom. The van der Waals surface area contributed by atoms with Crippen LogP contribution >= 0.6 is 0 Å². The second-order valence-corrected chi connectivity index (χ2v) is 7.87. The number of piperidine rings is 1. The topological polar surface area (TPSA) is 58.6 Å². The van der Waals surface area contributed by atoms with E-state index in [4.69, 9.17) is 4.74 Å². The molecule has 0 radical (unpaired) electrons. The number of nitrogens with zero attached hydrogens (tertiary/aromatic N) is 1. The predicted octanol–water partition coefficient (Wildman–Crippen LogP) is 4.72. The van der Waals surface area contributed by atoms with Crippen molar-refractivity contribution in [2.24, 2.45) is 5.41 Å². The fourth-order valence-corrected chi connectivity index (χ4v) is 4.04. The zero-order valence-corrected chi connectivity index (χ0v) is 17.5. The highest BCUT2D eigenvalue weighted by atomic mass is 16.5. The quantitative estimate of drug-likeness (QED) is 0.746. The van der Waals surface area contributed by atoms with Gasteiger partial charge in [0.25, 0.3) is 0 Å². The van der Waals surface area contributed by atoms with E-state index in [2.05, 4.69) is 5.32 Å². The second kappa shape index (κ2) is 9.12. The van der Waals surface area contributed by atoms with Gasteiger partial charge >= 0.3 is 12.0 Å². The fourth-order valence-electron chi connectivity index (χ4n) is 4.04. The number of benzene rings is 2. The number of carbonyl (C=O) groups is 2. The van der Waals surface area contributed by atoms with Crippen LogP contribution in [-0.4, -0.2) is 36.6 Å². The predicted molar refractivity (Wildman–Crippen MR) is 115 cm³/mol. The molecule has 1 aliphatic heterocycles. The molecule has 3 rings (SSSR count). The van der Waals surface area contributed by atoms with Gasteiger partial charge in [0, 0.05) is 18.8 Å². The number of esters is 1. The molecule has 1 fully saturated rings. The van der Waals surface area contributed by atoms with Gasteiger partial charge in [-0.25, -0.2) is 4.79 Å². The number of aryl methyl sites for hydroxylation is 1. The van der Waals surface area contributed by atoms with Gasteiger partial charge in [0.2, 0.25) is 0 Å². The van der Waals surface area contributed by atoms with E-state index in [1.807, 2.05) is 69.3 Å². The number of amides is 2. The van der Waals surface area contributed by atoms with Crippen LogP contribution in [0.2, 0.25) is 0 Å². The number of nitrogens with one attached hydrogen (secondary N) is 1. The maximum Gasteiger partial charge on any atom is 0.321 e. The summed E-state index contributed by atoms with van der Waals surface area (Å²) >= 11 is 0. The number of rotatable bonds is 5. The summed E-state index contributed by atoms with van der Waals surface area (Å²) in [6, 6.07) is 15.7. The van der Waals surface area contributed by atoms with Gasteiger partial charge in [-0.05, 0) is 62.8 Å². The van der Waals surface area contributed by atoms with Crippen molar-refractivity contribution >= 4 is 17.7 Å². The van der Waals surface area contributed by atoms with E-state index < -0.39 is 5.41 Å². The van der Waals surface area contributed by atoms with Crippen LogP contribution in [0.3, 0.4) is 0 Å². The van der Waals surface area contributed by atoms with Crippen molar-refractivity contribution in [2.75, 3.05) is 25.0 Å². The van der Waals surface area contributed by atoms with E-state index in [1.165, 1.54) is 0 Å². The van der Waals surface area contributed by atoms with Crippen LogP contribution in [0.1, 0.15) is 36.5 Å². The van der Waals surface area contributed by atoms with E-state index in [0.717, 1.165) is 28.8 Å². The Hall–Kier alpha value is -2.82. The lowest BCUT2D eigenvalue weighted by molar-refractivity contribution is -0.158. The largest absolute Gasteiger partial charge is 0.466 e. The lowest BCUT2D eigenvalue weighted by atomic mass is 9.75. The first-order chi connectivity index (χ1) is 13.9. The molecule has 5 heteroatoms. The molecule has 0 aromatic heterocycles. The summed E-state index contributed by atoms with van der Waals surface area (Å²) in [4.78, 5) is 27.7. The zero-order valence-electron chi connectivity index (χ0n) is 17.5. The van der Waals surface area contributed by atoms with Gasteiger partial charge < -0.3 is 15.0 Å². The molecular weight excluding hydrogens is 364 g/mol. The Bertz CT molecular complexity index is 866. The highest BCUT2D eigenvalue weighted by molar-refractivity contribution is 5.91. The first-order valence-electron chi connectivity index (χ1n) is 10.3. The summed E-state index contributed by atoms with van der Waals surface area (Å²) in [7, 11) is 0. The zero-order chi connectivity index (χ0) is 20.9. The minimum absolute atomic E-state index is 0.167. The third kappa shape index (κ3) is 4.78. The molecular formula is C24H30N2O3. The Morgan fingerprint density at radius 1 is 1.10 bits per heavy atom. The van der Waals surface area contributed by atoms with Gasteiger partial charge in [0.15, 0.2) is 0 Å². The number of likely N-dealkylation sites (tertiary alicyclic amines) is 1. The number of urea groups is 1. The van der Waals surface area contributed by atoms with Crippen LogP contribution in [0.25, 0.3) is 0 Å². The molecule has 0 saturated carbocycles. The van der Waals surface area contributed by atoms with Crippen molar-refractivity contribution < 1.29 is 14.3 Å². The van der Waals surface area contributed by atoms with E-state index in [0.29, 0.717) is 32.5 Å². The third-order valence-corrected chi connectivity index (χ3v) is 5.80. The summed E-state index contributed by atoms with van der Waals surface area (Å²) in [6.07, 6.45) is 2.06. The second-order valence-electron chi connectivity index (χ2n) is 7.87. The summed E-state index contributed by atoms with van der Waals surface area (Å²) < 4.78 is 5.44. The summed E-state index contributed by atoms with van der Waals surface area (Å²) in [5, 5.41) is 3.03. The van der Waals surface area contributed by atoms with Gasteiger partial charge in [0.1, 0.15) is 0 Å². The highest BCUT2D eigenvalue weighted by Crippen LogP contribution is 2.35. The van der Waals surface area contributed by atoms with Crippen LogP contribution in [0, 0.1) is 19.3 Å². The molecule has 1 saturated heterocycles. The van der Waals surface area contributed by atoms with Crippen LogP contribution in [0.15, 0.2) is 48.5 Å². The maximum absolute atomic E-state index is 13.0. The van der Waals surface area contributed by atoms with Gasteiger partial charge in [-0.2, -0.15) is 0 Å². The highest BCUT2D eigenvalue weighted by Gasteiger charge is 2.44. The fraction of sp³-hybridized carbons (Fsp3) is 0.417. The third-order valence-electron chi connectivity index (χ3n) is 5.80. The van der Waals surface area contributed by atoms with Gasteiger partial charge in [-0.3, -0.25) is 4.79 Å². The number of hydrogen-bond acceptors (Lipinski definition) is 3. The summed E-state index contributed by atoms with van der Waals surface area (Å²) in [5.74, 6) is -0.215. The number of ether oxygens (including phenoxy) is 1. The van der Waals surface area contributed by atoms with E-state index in [1.54, 1.807) is 4.90 Å². The van der Waals surface area contributed by atoms with Crippen molar-refractivity contribution in [3.63, 3.8) is 0 Å². The van der Waals surface area contributed by atoms with E-state index in [-0.39, 0.29) is 12.0 Å². The Balaban J connectivity index is 1.81. The van der Waals surface area contributed by atoms with E-state index >= 15 is 0 Å². The molecule has 2 aromatic rings.